The first-order valence-corrected chi connectivity index (χ1v) is 7.72. The van der Waals surface area contributed by atoms with E-state index in [4.69, 9.17) is 4.74 Å². The Balaban J connectivity index is 1.63. The largest absolute Gasteiger partial charge is 0.492 e. The molecule has 1 saturated heterocycles. The van der Waals surface area contributed by atoms with Gasteiger partial charge in [-0.05, 0) is 49.9 Å². The Morgan fingerprint density at radius 1 is 1.33 bits per heavy atom. The number of nitrogens with zero attached hydrogens (tertiary/aromatic N) is 1. The van der Waals surface area contributed by atoms with Crippen LogP contribution in [0.5, 0.6) is 5.75 Å². The molecule has 0 bridgehead atoms. The third-order valence-electron chi connectivity index (χ3n) is 4.33. The number of ether oxygens (including phenoxy) is 1. The van der Waals surface area contributed by atoms with Crippen molar-refractivity contribution < 1.29 is 4.74 Å². The average Bonchev–Trinajstić information content (AvgIpc) is 2.50. The lowest BCUT2D eigenvalue weighted by atomic mass is 10.0. The maximum atomic E-state index is 11.8. The number of benzene rings is 1. The number of aromatic amines is 1. The molecular formula is C17H22N2O2. The molecule has 0 saturated carbocycles. The van der Waals surface area contributed by atoms with Gasteiger partial charge in [0.1, 0.15) is 12.4 Å². The summed E-state index contributed by atoms with van der Waals surface area (Å²) in [6.45, 7) is 5.07. The van der Waals surface area contributed by atoms with Gasteiger partial charge in [0, 0.05) is 18.8 Å². The van der Waals surface area contributed by atoms with Crippen LogP contribution < -0.4 is 10.3 Å². The Morgan fingerprint density at radius 3 is 3.10 bits per heavy atom. The Kier molecular flexibility index (Phi) is 4.25. The zero-order valence-corrected chi connectivity index (χ0v) is 12.5. The van der Waals surface area contributed by atoms with Crippen molar-refractivity contribution in [1.82, 2.24) is 9.88 Å². The van der Waals surface area contributed by atoms with Crippen LogP contribution in [0.1, 0.15) is 26.2 Å². The molecule has 3 rings (SSSR count). The molecule has 112 valence electrons. The number of aromatic nitrogens is 1. The number of rotatable bonds is 4. The van der Waals surface area contributed by atoms with Gasteiger partial charge in [-0.25, -0.2) is 0 Å². The van der Waals surface area contributed by atoms with E-state index in [9.17, 15) is 4.79 Å². The molecule has 21 heavy (non-hydrogen) atoms. The number of H-pyrrole nitrogens is 1. The van der Waals surface area contributed by atoms with Gasteiger partial charge in [0.05, 0.1) is 5.39 Å². The molecule has 1 N–H and O–H groups in total. The van der Waals surface area contributed by atoms with Crippen molar-refractivity contribution in [2.45, 2.75) is 32.2 Å². The normalized spacial score (nSPS) is 19.8. The summed E-state index contributed by atoms with van der Waals surface area (Å²) in [4.78, 5) is 17.0. The van der Waals surface area contributed by atoms with Gasteiger partial charge in [0.15, 0.2) is 0 Å². The van der Waals surface area contributed by atoms with Crippen LogP contribution in [0.25, 0.3) is 10.8 Å². The fourth-order valence-corrected chi connectivity index (χ4v) is 3.02. The SMILES string of the molecule is C[C@H]1CCCCN1CCOc1ccc2cc[nH]c(=O)c2c1. The highest BCUT2D eigenvalue weighted by molar-refractivity contribution is 5.82. The average molecular weight is 286 g/mol. The summed E-state index contributed by atoms with van der Waals surface area (Å²) < 4.78 is 5.83. The monoisotopic (exact) mass is 286 g/mol. The van der Waals surface area contributed by atoms with E-state index in [1.165, 1.54) is 25.8 Å². The molecule has 1 aliphatic rings. The van der Waals surface area contributed by atoms with Crippen molar-refractivity contribution in [3.05, 3.63) is 40.8 Å². The second-order valence-electron chi connectivity index (χ2n) is 5.79. The third-order valence-corrected chi connectivity index (χ3v) is 4.33. The van der Waals surface area contributed by atoms with E-state index >= 15 is 0 Å². The van der Waals surface area contributed by atoms with E-state index in [1.807, 2.05) is 24.3 Å². The Labute approximate surface area is 124 Å². The van der Waals surface area contributed by atoms with E-state index in [1.54, 1.807) is 6.20 Å². The van der Waals surface area contributed by atoms with E-state index in [-0.39, 0.29) is 5.56 Å². The number of fused-ring (bicyclic) bond motifs is 1. The number of nitrogens with one attached hydrogen (secondary N) is 1. The van der Waals surface area contributed by atoms with Gasteiger partial charge in [-0.2, -0.15) is 0 Å². The van der Waals surface area contributed by atoms with Gasteiger partial charge in [-0.15, -0.1) is 0 Å². The zero-order valence-electron chi connectivity index (χ0n) is 12.5. The predicted octanol–water partition coefficient (Wildman–Crippen LogP) is 2.78. The first kappa shape index (κ1) is 14.1. The summed E-state index contributed by atoms with van der Waals surface area (Å²) in [5.74, 6) is 0.767. The number of hydrogen-bond donors (Lipinski definition) is 1. The van der Waals surface area contributed by atoms with Gasteiger partial charge in [0.2, 0.25) is 0 Å². The molecule has 0 amide bonds. The molecule has 1 atom stereocenters. The molecule has 0 aliphatic carbocycles. The summed E-state index contributed by atoms with van der Waals surface area (Å²) in [5.41, 5.74) is -0.0670. The summed E-state index contributed by atoms with van der Waals surface area (Å²) in [6.07, 6.45) is 5.58. The fraction of sp³-hybridized carbons (Fsp3) is 0.471. The van der Waals surface area contributed by atoms with Gasteiger partial charge < -0.3 is 9.72 Å². The minimum atomic E-state index is -0.0670. The minimum Gasteiger partial charge on any atom is -0.492 e. The number of likely N-dealkylation sites (tertiary alicyclic amines) is 1. The fourth-order valence-electron chi connectivity index (χ4n) is 3.02. The number of hydrogen-bond acceptors (Lipinski definition) is 3. The van der Waals surface area contributed by atoms with E-state index < -0.39 is 0 Å². The van der Waals surface area contributed by atoms with Crippen LogP contribution in [0.15, 0.2) is 35.3 Å². The molecule has 0 radical (unpaired) electrons. The van der Waals surface area contributed by atoms with Gasteiger partial charge in [0.25, 0.3) is 5.56 Å². The highest BCUT2D eigenvalue weighted by Gasteiger charge is 2.17. The summed E-state index contributed by atoms with van der Waals surface area (Å²) >= 11 is 0. The third kappa shape index (κ3) is 3.27. The van der Waals surface area contributed by atoms with Crippen molar-refractivity contribution in [3.63, 3.8) is 0 Å². The summed E-state index contributed by atoms with van der Waals surface area (Å²) in [7, 11) is 0. The van der Waals surface area contributed by atoms with Crippen LogP contribution in [-0.2, 0) is 0 Å². The summed E-state index contributed by atoms with van der Waals surface area (Å²) in [6, 6.07) is 8.25. The van der Waals surface area contributed by atoms with Crippen LogP contribution >= 0.6 is 0 Å². The second kappa shape index (κ2) is 6.31. The molecule has 1 fully saturated rings. The van der Waals surface area contributed by atoms with Crippen LogP contribution in [-0.4, -0.2) is 35.6 Å². The molecule has 1 aromatic carbocycles. The standard InChI is InChI=1S/C17H22N2O2/c1-13-4-2-3-9-19(13)10-11-21-15-6-5-14-7-8-18-17(20)16(14)12-15/h5-8,12-13H,2-4,9-11H2,1H3,(H,18,20)/t13-/m0/s1. The molecule has 4 nitrogen and oxygen atoms in total. The number of pyridine rings is 1. The topological polar surface area (TPSA) is 45.3 Å². The second-order valence-corrected chi connectivity index (χ2v) is 5.79. The van der Waals surface area contributed by atoms with Crippen LogP contribution in [0, 0.1) is 0 Å². The Hall–Kier alpha value is -1.81. The molecular weight excluding hydrogens is 264 g/mol. The molecule has 2 heterocycles. The lowest BCUT2D eigenvalue weighted by molar-refractivity contribution is 0.133. The van der Waals surface area contributed by atoms with E-state index in [2.05, 4.69) is 16.8 Å². The number of piperidine rings is 1. The van der Waals surface area contributed by atoms with Crippen molar-refractivity contribution >= 4 is 10.8 Å². The van der Waals surface area contributed by atoms with Crippen LogP contribution in [0.4, 0.5) is 0 Å². The minimum absolute atomic E-state index is 0.0670. The lowest BCUT2D eigenvalue weighted by Gasteiger charge is -2.33. The van der Waals surface area contributed by atoms with Gasteiger partial charge in [-0.3, -0.25) is 9.69 Å². The maximum Gasteiger partial charge on any atom is 0.255 e. The van der Waals surface area contributed by atoms with Crippen LogP contribution in [0.3, 0.4) is 0 Å². The van der Waals surface area contributed by atoms with Crippen molar-refractivity contribution in [3.8, 4) is 5.75 Å². The first-order chi connectivity index (χ1) is 10.2. The van der Waals surface area contributed by atoms with Gasteiger partial charge in [-0.1, -0.05) is 12.5 Å². The van der Waals surface area contributed by atoms with Gasteiger partial charge >= 0.3 is 0 Å². The molecule has 1 aliphatic heterocycles. The molecule has 2 aromatic rings. The highest BCUT2D eigenvalue weighted by Crippen LogP contribution is 2.19. The smallest absolute Gasteiger partial charge is 0.255 e. The van der Waals surface area contributed by atoms with Crippen LogP contribution in [0.2, 0.25) is 0 Å². The van der Waals surface area contributed by atoms with Crippen molar-refractivity contribution in [1.29, 1.82) is 0 Å². The molecule has 4 heteroatoms. The lowest BCUT2D eigenvalue weighted by Crippen LogP contribution is -2.39. The Bertz CT molecular complexity index is 665. The molecule has 0 unspecified atom stereocenters. The maximum absolute atomic E-state index is 11.8. The molecule has 1 aromatic heterocycles. The zero-order chi connectivity index (χ0) is 14.7. The predicted molar refractivity (Wildman–Crippen MR) is 84.9 cm³/mol. The van der Waals surface area contributed by atoms with E-state index in [0.29, 0.717) is 18.0 Å². The van der Waals surface area contributed by atoms with Crippen molar-refractivity contribution in [2.75, 3.05) is 19.7 Å². The highest BCUT2D eigenvalue weighted by atomic mass is 16.5. The molecule has 0 spiro atoms. The van der Waals surface area contributed by atoms with E-state index in [0.717, 1.165) is 17.7 Å². The summed E-state index contributed by atoms with van der Waals surface area (Å²) in [5, 5.41) is 1.62. The Morgan fingerprint density at radius 2 is 2.24 bits per heavy atom. The quantitative estimate of drug-likeness (QED) is 0.940. The first-order valence-electron chi connectivity index (χ1n) is 7.72. The van der Waals surface area contributed by atoms with Crippen molar-refractivity contribution in [2.24, 2.45) is 0 Å².